The molecule has 1 unspecified atom stereocenters. The highest BCUT2D eigenvalue weighted by molar-refractivity contribution is 5.03. The number of nitrogens with two attached hydrogens (primary N) is 1. The van der Waals surface area contributed by atoms with Crippen LogP contribution in [0.15, 0.2) is 18.6 Å². The molecule has 3 nitrogen and oxygen atoms in total. The number of aromatic nitrogens is 2. The number of rotatable bonds is 3. The molecular weight excluding hydrogens is 174 g/mol. The van der Waals surface area contributed by atoms with Gasteiger partial charge in [-0.25, -0.2) is 9.97 Å². The maximum absolute atomic E-state index is 6.08. The van der Waals surface area contributed by atoms with E-state index in [0.717, 1.165) is 18.0 Å². The fraction of sp³-hybridized carbons (Fsp3) is 0.636. The molecule has 0 saturated heterocycles. The van der Waals surface area contributed by atoms with E-state index in [4.69, 9.17) is 5.73 Å². The second-order valence-electron chi connectivity index (χ2n) is 4.13. The maximum Gasteiger partial charge on any atom is 0.115 e. The first-order valence-corrected chi connectivity index (χ1v) is 5.38. The zero-order valence-electron chi connectivity index (χ0n) is 8.39. The summed E-state index contributed by atoms with van der Waals surface area (Å²) in [5.74, 6) is 0.819. The molecule has 2 N–H and O–H groups in total. The Kier molecular flexibility index (Phi) is 3.09. The van der Waals surface area contributed by atoms with Gasteiger partial charge in [-0.15, -0.1) is 0 Å². The molecule has 0 spiro atoms. The minimum absolute atomic E-state index is 0.0982. The van der Waals surface area contributed by atoms with Gasteiger partial charge in [0.05, 0.1) is 5.69 Å². The molecule has 1 saturated carbocycles. The summed E-state index contributed by atoms with van der Waals surface area (Å²) in [4.78, 5) is 8.08. The van der Waals surface area contributed by atoms with E-state index in [-0.39, 0.29) is 6.04 Å². The smallest absolute Gasteiger partial charge is 0.115 e. The van der Waals surface area contributed by atoms with E-state index in [1.54, 1.807) is 12.5 Å². The summed E-state index contributed by atoms with van der Waals surface area (Å²) in [6, 6.07) is 2.01. The van der Waals surface area contributed by atoms with E-state index in [1.165, 1.54) is 25.7 Å². The van der Waals surface area contributed by atoms with Crippen LogP contribution in [-0.4, -0.2) is 9.97 Å². The van der Waals surface area contributed by atoms with Crippen molar-refractivity contribution in [1.82, 2.24) is 9.97 Å². The zero-order chi connectivity index (χ0) is 9.80. The summed E-state index contributed by atoms with van der Waals surface area (Å²) in [5.41, 5.74) is 7.06. The van der Waals surface area contributed by atoms with E-state index < -0.39 is 0 Å². The van der Waals surface area contributed by atoms with E-state index in [0.29, 0.717) is 0 Å². The summed E-state index contributed by atoms with van der Waals surface area (Å²) < 4.78 is 0. The fourth-order valence-corrected chi connectivity index (χ4v) is 2.25. The normalized spacial score (nSPS) is 19.8. The van der Waals surface area contributed by atoms with Gasteiger partial charge in [-0.2, -0.15) is 0 Å². The molecule has 1 fully saturated rings. The molecule has 14 heavy (non-hydrogen) atoms. The Hall–Kier alpha value is -0.960. The largest absolute Gasteiger partial charge is 0.323 e. The lowest BCUT2D eigenvalue weighted by Crippen LogP contribution is -2.15. The molecule has 0 radical (unpaired) electrons. The first-order chi connectivity index (χ1) is 6.86. The Morgan fingerprint density at radius 2 is 2.21 bits per heavy atom. The van der Waals surface area contributed by atoms with Gasteiger partial charge in [-0.1, -0.05) is 25.7 Å². The first-order valence-electron chi connectivity index (χ1n) is 5.38. The highest BCUT2D eigenvalue weighted by Crippen LogP contribution is 2.31. The first kappa shape index (κ1) is 9.59. The van der Waals surface area contributed by atoms with Crippen molar-refractivity contribution in [2.45, 2.75) is 38.1 Å². The molecule has 1 aliphatic carbocycles. The van der Waals surface area contributed by atoms with Crippen molar-refractivity contribution >= 4 is 0 Å². The minimum Gasteiger partial charge on any atom is -0.323 e. The average Bonchev–Trinajstić information content (AvgIpc) is 2.72. The fourth-order valence-electron chi connectivity index (χ4n) is 2.25. The van der Waals surface area contributed by atoms with Gasteiger partial charge in [0.25, 0.3) is 0 Å². The van der Waals surface area contributed by atoms with Crippen molar-refractivity contribution in [2.75, 3.05) is 0 Å². The SMILES string of the molecule is NC(CC1CCCC1)c1ccncn1. The van der Waals surface area contributed by atoms with Gasteiger partial charge < -0.3 is 5.73 Å². The third kappa shape index (κ3) is 2.29. The molecule has 0 bridgehead atoms. The van der Waals surface area contributed by atoms with Crippen molar-refractivity contribution < 1.29 is 0 Å². The van der Waals surface area contributed by atoms with Crippen LogP contribution in [0.2, 0.25) is 0 Å². The van der Waals surface area contributed by atoms with E-state index in [2.05, 4.69) is 9.97 Å². The quantitative estimate of drug-likeness (QED) is 0.795. The van der Waals surface area contributed by atoms with Crippen LogP contribution in [0, 0.1) is 5.92 Å². The van der Waals surface area contributed by atoms with Gasteiger partial charge in [0.1, 0.15) is 6.33 Å². The van der Waals surface area contributed by atoms with E-state index in [9.17, 15) is 0 Å². The van der Waals surface area contributed by atoms with Crippen molar-refractivity contribution in [3.63, 3.8) is 0 Å². The topological polar surface area (TPSA) is 51.8 Å². The summed E-state index contributed by atoms with van der Waals surface area (Å²) in [6.07, 6.45) is 9.86. The average molecular weight is 191 g/mol. The second-order valence-corrected chi connectivity index (χ2v) is 4.13. The minimum atomic E-state index is 0.0982. The molecule has 0 aromatic carbocycles. The molecule has 1 aromatic heterocycles. The molecule has 3 heteroatoms. The monoisotopic (exact) mass is 191 g/mol. The highest BCUT2D eigenvalue weighted by atomic mass is 14.8. The summed E-state index contributed by atoms with van der Waals surface area (Å²) in [7, 11) is 0. The second kappa shape index (κ2) is 4.51. The van der Waals surface area contributed by atoms with Crippen LogP contribution in [0.4, 0.5) is 0 Å². The van der Waals surface area contributed by atoms with Crippen LogP contribution in [0.3, 0.4) is 0 Å². The Balaban J connectivity index is 1.92. The zero-order valence-corrected chi connectivity index (χ0v) is 8.39. The lowest BCUT2D eigenvalue weighted by Gasteiger charge is -2.15. The van der Waals surface area contributed by atoms with E-state index >= 15 is 0 Å². The number of nitrogens with zero attached hydrogens (tertiary/aromatic N) is 2. The Labute approximate surface area is 84.8 Å². The van der Waals surface area contributed by atoms with Gasteiger partial charge in [-0.05, 0) is 18.4 Å². The van der Waals surface area contributed by atoms with Crippen molar-refractivity contribution in [3.05, 3.63) is 24.3 Å². The Bertz CT molecular complexity index is 267. The predicted octanol–water partition coefficient (Wildman–Crippen LogP) is 2.06. The third-order valence-electron chi connectivity index (χ3n) is 3.05. The molecule has 0 amide bonds. The third-order valence-corrected chi connectivity index (χ3v) is 3.05. The van der Waals surface area contributed by atoms with Crippen molar-refractivity contribution in [3.8, 4) is 0 Å². The molecule has 2 rings (SSSR count). The van der Waals surface area contributed by atoms with Gasteiger partial charge >= 0.3 is 0 Å². The Morgan fingerprint density at radius 1 is 1.43 bits per heavy atom. The van der Waals surface area contributed by atoms with Gasteiger partial charge in [-0.3, -0.25) is 0 Å². The molecule has 1 heterocycles. The van der Waals surface area contributed by atoms with Crippen LogP contribution in [0.5, 0.6) is 0 Å². The predicted molar refractivity (Wildman–Crippen MR) is 55.5 cm³/mol. The molecule has 76 valence electrons. The van der Waals surface area contributed by atoms with Gasteiger partial charge in [0.15, 0.2) is 0 Å². The van der Waals surface area contributed by atoms with Crippen LogP contribution in [0.25, 0.3) is 0 Å². The molecule has 1 atom stereocenters. The van der Waals surface area contributed by atoms with Crippen LogP contribution in [0.1, 0.15) is 43.8 Å². The highest BCUT2D eigenvalue weighted by Gasteiger charge is 2.19. The van der Waals surface area contributed by atoms with Crippen molar-refractivity contribution in [2.24, 2.45) is 11.7 Å². The molecule has 1 aromatic rings. The van der Waals surface area contributed by atoms with E-state index in [1.807, 2.05) is 6.07 Å². The standard InChI is InChI=1S/C11H17N3/c12-10(7-9-3-1-2-4-9)11-5-6-13-8-14-11/h5-6,8-10H,1-4,7,12H2. The van der Waals surface area contributed by atoms with Gasteiger partial charge in [0, 0.05) is 12.2 Å². The van der Waals surface area contributed by atoms with Crippen LogP contribution in [-0.2, 0) is 0 Å². The van der Waals surface area contributed by atoms with Crippen LogP contribution < -0.4 is 5.73 Å². The van der Waals surface area contributed by atoms with Gasteiger partial charge in [0.2, 0.25) is 0 Å². The number of hydrogen-bond acceptors (Lipinski definition) is 3. The van der Waals surface area contributed by atoms with Crippen molar-refractivity contribution in [1.29, 1.82) is 0 Å². The summed E-state index contributed by atoms with van der Waals surface area (Å²) in [6.45, 7) is 0. The lowest BCUT2D eigenvalue weighted by atomic mass is 9.97. The lowest BCUT2D eigenvalue weighted by molar-refractivity contribution is 0.445. The molecule has 1 aliphatic rings. The van der Waals surface area contributed by atoms with Crippen LogP contribution >= 0.6 is 0 Å². The Morgan fingerprint density at radius 3 is 2.86 bits per heavy atom. The summed E-state index contributed by atoms with van der Waals surface area (Å²) in [5, 5.41) is 0. The number of hydrogen-bond donors (Lipinski definition) is 1. The maximum atomic E-state index is 6.08. The molecular formula is C11H17N3. The molecule has 0 aliphatic heterocycles. The summed E-state index contributed by atoms with van der Waals surface area (Å²) >= 11 is 0.